The zero-order valence-corrected chi connectivity index (χ0v) is 19.6. The van der Waals surface area contributed by atoms with E-state index in [0.717, 1.165) is 10.9 Å². The zero-order chi connectivity index (χ0) is 21.8. The molecule has 8 heteroatoms. The maximum Gasteiger partial charge on any atom is 0.282 e. The number of benzene rings is 2. The van der Waals surface area contributed by atoms with Gasteiger partial charge >= 0.3 is 0 Å². The Morgan fingerprint density at radius 3 is 2.73 bits per heavy atom. The van der Waals surface area contributed by atoms with E-state index in [0.29, 0.717) is 45.2 Å². The van der Waals surface area contributed by atoms with Crippen LogP contribution >= 0.6 is 27.5 Å². The molecule has 1 aromatic heterocycles. The van der Waals surface area contributed by atoms with Gasteiger partial charge in [-0.2, -0.15) is 9.78 Å². The van der Waals surface area contributed by atoms with Crippen LogP contribution in [0.4, 0.5) is 0 Å². The number of hydrogen-bond donors (Lipinski definition) is 0. The highest BCUT2D eigenvalue weighted by atomic mass is 79.9. The van der Waals surface area contributed by atoms with Crippen molar-refractivity contribution in [2.24, 2.45) is 5.10 Å². The molecule has 0 radical (unpaired) electrons. The van der Waals surface area contributed by atoms with Crippen LogP contribution in [-0.2, 0) is 6.42 Å². The number of rotatable bonds is 7. The van der Waals surface area contributed by atoms with Gasteiger partial charge in [-0.25, -0.2) is 4.98 Å². The van der Waals surface area contributed by atoms with E-state index in [-0.39, 0.29) is 11.7 Å². The van der Waals surface area contributed by atoms with Crippen LogP contribution in [-0.4, -0.2) is 29.1 Å². The van der Waals surface area contributed by atoms with Crippen molar-refractivity contribution in [2.75, 3.05) is 7.11 Å². The van der Waals surface area contributed by atoms with Crippen LogP contribution in [0.1, 0.15) is 38.6 Å². The van der Waals surface area contributed by atoms with E-state index in [2.05, 4.69) is 26.0 Å². The first-order valence-electron chi connectivity index (χ1n) is 9.67. The van der Waals surface area contributed by atoms with Gasteiger partial charge in [0.2, 0.25) is 0 Å². The van der Waals surface area contributed by atoms with E-state index in [1.54, 1.807) is 31.5 Å². The number of halogens is 2. The monoisotopic (exact) mass is 491 g/mol. The van der Waals surface area contributed by atoms with Crippen molar-refractivity contribution in [2.45, 2.75) is 39.7 Å². The van der Waals surface area contributed by atoms with Crippen molar-refractivity contribution in [1.82, 2.24) is 9.66 Å². The standard InChI is InChI=1S/C22H23BrClN3O3/c1-5-13(3)30-21-17(24)9-14(10-19(21)29-4)12-25-27-20(6-2)26-18-8-7-15(23)11-16(18)22(27)28/h7-13H,5-6H2,1-4H3/t13-/m1/s1. The number of nitrogens with zero attached hydrogens (tertiary/aromatic N) is 3. The van der Waals surface area contributed by atoms with Gasteiger partial charge in [0.25, 0.3) is 5.56 Å². The number of aryl methyl sites for hydroxylation is 1. The van der Waals surface area contributed by atoms with Crippen LogP contribution in [0.2, 0.25) is 5.02 Å². The SMILES string of the molecule is CCc1nc2ccc(Br)cc2c(=O)n1N=Cc1cc(Cl)c(O[C@H](C)CC)c(OC)c1. The van der Waals surface area contributed by atoms with Crippen LogP contribution in [0.25, 0.3) is 10.9 Å². The molecule has 6 nitrogen and oxygen atoms in total. The van der Waals surface area contributed by atoms with Crippen molar-refractivity contribution in [3.8, 4) is 11.5 Å². The van der Waals surface area contributed by atoms with E-state index in [9.17, 15) is 4.79 Å². The number of hydrogen-bond acceptors (Lipinski definition) is 5. The molecule has 2 aromatic carbocycles. The molecule has 3 rings (SSSR count). The average molecular weight is 493 g/mol. The lowest BCUT2D eigenvalue weighted by atomic mass is 10.2. The first kappa shape index (κ1) is 22.3. The normalized spacial score (nSPS) is 12.5. The van der Waals surface area contributed by atoms with E-state index in [4.69, 9.17) is 21.1 Å². The van der Waals surface area contributed by atoms with Gasteiger partial charge in [-0.15, -0.1) is 0 Å². The van der Waals surface area contributed by atoms with Gasteiger partial charge in [-0.05, 0) is 49.2 Å². The molecule has 0 saturated carbocycles. The molecule has 0 saturated heterocycles. The number of ether oxygens (including phenoxy) is 2. The third-order valence-electron chi connectivity index (χ3n) is 4.66. The molecular weight excluding hydrogens is 470 g/mol. The highest BCUT2D eigenvalue weighted by Gasteiger charge is 2.14. The summed E-state index contributed by atoms with van der Waals surface area (Å²) < 4.78 is 13.5. The predicted molar refractivity (Wildman–Crippen MR) is 124 cm³/mol. The summed E-state index contributed by atoms with van der Waals surface area (Å²) in [6, 6.07) is 8.92. The second kappa shape index (κ2) is 9.62. The third-order valence-corrected chi connectivity index (χ3v) is 5.43. The third kappa shape index (κ3) is 4.68. The fourth-order valence-corrected chi connectivity index (χ4v) is 3.51. The van der Waals surface area contributed by atoms with Gasteiger partial charge in [-0.1, -0.05) is 41.4 Å². The topological polar surface area (TPSA) is 65.7 Å². The lowest BCUT2D eigenvalue weighted by Crippen LogP contribution is -2.22. The molecule has 0 bridgehead atoms. The summed E-state index contributed by atoms with van der Waals surface area (Å²) in [6.07, 6.45) is 2.97. The summed E-state index contributed by atoms with van der Waals surface area (Å²) in [5, 5.41) is 5.30. The number of methoxy groups -OCH3 is 1. The molecule has 0 aliphatic carbocycles. The average Bonchev–Trinajstić information content (AvgIpc) is 2.74. The molecule has 30 heavy (non-hydrogen) atoms. The van der Waals surface area contributed by atoms with Crippen LogP contribution in [0.15, 0.2) is 44.7 Å². The first-order valence-corrected chi connectivity index (χ1v) is 10.8. The Labute approximate surface area is 188 Å². The second-order valence-electron chi connectivity index (χ2n) is 6.78. The lowest BCUT2D eigenvalue weighted by Gasteiger charge is -2.17. The molecule has 0 fully saturated rings. The summed E-state index contributed by atoms with van der Waals surface area (Å²) in [5.41, 5.74) is 1.09. The predicted octanol–water partition coefficient (Wildman–Crippen LogP) is 5.44. The summed E-state index contributed by atoms with van der Waals surface area (Å²) in [5.74, 6) is 1.57. The zero-order valence-electron chi connectivity index (χ0n) is 17.3. The Bertz CT molecular complexity index is 1160. The van der Waals surface area contributed by atoms with Gasteiger partial charge in [-0.3, -0.25) is 4.79 Å². The molecule has 0 aliphatic heterocycles. The highest BCUT2D eigenvalue weighted by Crippen LogP contribution is 2.37. The van der Waals surface area contributed by atoms with Crippen molar-refractivity contribution in [3.05, 3.63) is 61.6 Å². The smallest absolute Gasteiger partial charge is 0.282 e. The summed E-state index contributed by atoms with van der Waals surface area (Å²) in [7, 11) is 1.56. The summed E-state index contributed by atoms with van der Waals surface area (Å²) in [4.78, 5) is 17.6. The van der Waals surface area contributed by atoms with E-state index >= 15 is 0 Å². The van der Waals surface area contributed by atoms with Crippen LogP contribution in [0.3, 0.4) is 0 Å². The lowest BCUT2D eigenvalue weighted by molar-refractivity contribution is 0.208. The Morgan fingerprint density at radius 1 is 1.30 bits per heavy atom. The van der Waals surface area contributed by atoms with Crippen molar-refractivity contribution in [3.63, 3.8) is 0 Å². The van der Waals surface area contributed by atoms with Crippen LogP contribution < -0.4 is 15.0 Å². The fourth-order valence-electron chi connectivity index (χ4n) is 2.88. The largest absolute Gasteiger partial charge is 0.493 e. The Kier molecular flexibility index (Phi) is 7.15. The molecule has 1 heterocycles. The van der Waals surface area contributed by atoms with Crippen molar-refractivity contribution < 1.29 is 9.47 Å². The molecule has 0 aliphatic rings. The molecule has 0 spiro atoms. The van der Waals surface area contributed by atoms with Crippen molar-refractivity contribution in [1.29, 1.82) is 0 Å². The van der Waals surface area contributed by atoms with Gasteiger partial charge in [0.05, 0.1) is 35.4 Å². The van der Waals surface area contributed by atoms with E-state index < -0.39 is 0 Å². The van der Waals surface area contributed by atoms with Crippen LogP contribution in [0, 0.1) is 0 Å². The Hall–Kier alpha value is -2.38. The molecule has 0 N–H and O–H groups in total. The van der Waals surface area contributed by atoms with Gasteiger partial charge in [0.15, 0.2) is 11.5 Å². The summed E-state index contributed by atoms with van der Waals surface area (Å²) in [6.45, 7) is 5.93. The second-order valence-corrected chi connectivity index (χ2v) is 8.10. The fraction of sp³-hybridized carbons (Fsp3) is 0.318. The van der Waals surface area contributed by atoms with Gasteiger partial charge < -0.3 is 9.47 Å². The maximum atomic E-state index is 13.0. The quantitative estimate of drug-likeness (QED) is 0.412. The molecule has 0 amide bonds. The molecule has 158 valence electrons. The minimum Gasteiger partial charge on any atom is -0.493 e. The molecule has 0 unspecified atom stereocenters. The maximum absolute atomic E-state index is 13.0. The van der Waals surface area contributed by atoms with Gasteiger partial charge in [0.1, 0.15) is 5.82 Å². The minimum absolute atomic E-state index is 0.00426. The highest BCUT2D eigenvalue weighted by molar-refractivity contribution is 9.10. The molecule has 3 aromatic rings. The number of fused-ring (bicyclic) bond motifs is 1. The first-order chi connectivity index (χ1) is 14.4. The van der Waals surface area contributed by atoms with Crippen molar-refractivity contribution >= 4 is 44.6 Å². The Morgan fingerprint density at radius 2 is 2.07 bits per heavy atom. The van der Waals surface area contributed by atoms with E-state index in [1.165, 1.54) is 4.68 Å². The van der Waals surface area contributed by atoms with E-state index in [1.807, 2.05) is 32.9 Å². The summed E-state index contributed by atoms with van der Waals surface area (Å²) >= 11 is 9.83. The molecular formula is C22H23BrClN3O3. The van der Waals surface area contributed by atoms with Crippen LogP contribution in [0.5, 0.6) is 11.5 Å². The number of aromatic nitrogens is 2. The minimum atomic E-state index is -0.232. The molecule has 1 atom stereocenters. The van der Waals surface area contributed by atoms with Gasteiger partial charge in [0, 0.05) is 10.9 Å². The Balaban J connectivity index is 2.05.